The highest BCUT2D eigenvalue weighted by Gasteiger charge is 2.22. The Balaban J connectivity index is 1.95. The van der Waals surface area contributed by atoms with Crippen molar-refractivity contribution in [2.75, 3.05) is 7.05 Å². The summed E-state index contributed by atoms with van der Waals surface area (Å²) >= 11 is 6.18. The van der Waals surface area contributed by atoms with Crippen molar-refractivity contribution < 1.29 is 18.0 Å². The summed E-state index contributed by atoms with van der Waals surface area (Å²) in [6.45, 7) is 0. The number of fused-ring (bicyclic) bond motifs is 1. The lowest BCUT2D eigenvalue weighted by molar-refractivity contribution is 0.0964. The quantitative estimate of drug-likeness (QED) is 0.456. The summed E-state index contributed by atoms with van der Waals surface area (Å²) in [4.78, 5) is 12.6. The van der Waals surface area contributed by atoms with Gasteiger partial charge in [0.2, 0.25) is 0 Å². The summed E-state index contributed by atoms with van der Waals surface area (Å²) in [7, 11) is 1.52. The number of hydrogen-bond donors (Lipinski definition) is 1. The lowest BCUT2D eigenvalue weighted by Gasteiger charge is -2.06. The van der Waals surface area contributed by atoms with Crippen LogP contribution in [0.3, 0.4) is 0 Å². The second-order valence-corrected chi connectivity index (χ2v) is 6.63. The summed E-state index contributed by atoms with van der Waals surface area (Å²) in [6, 6.07) is 15.1. The average Bonchev–Trinajstić information content (AvgIpc) is 3.06. The van der Waals surface area contributed by atoms with Gasteiger partial charge in [-0.3, -0.25) is 4.79 Å². The minimum atomic E-state index is -0.428. The molecule has 4 aromatic rings. The van der Waals surface area contributed by atoms with Crippen molar-refractivity contribution in [2.24, 2.45) is 0 Å². The highest BCUT2D eigenvalue weighted by Crippen LogP contribution is 2.37. The van der Waals surface area contributed by atoms with Gasteiger partial charge in [0, 0.05) is 23.6 Å². The molecule has 0 aliphatic rings. The third-order valence-corrected chi connectivity index (χ3v) is 4.80. The number of hydrogen-bond acceptors (Lipinski definition) is 2. The third kappa shape index (κ3) is 3.14. The Morgan fingerprint density at radius 1 is 0.929 bits per heavy atom. The fourth-order valence-electron chi connectivity index (χ4n) is 3.14. The molecule has 3 nitrogen and oxygen atoms in total. The van der Waals surface area contributed by atoms with Crippen LogP contribution in [-0.2, 0) is 0 Å². The van der Waals surface area contributed by atoms with Crippen molar-refractivity contribution in [3.8, 4) is 22.5 Å². The number of carbonyl (C=O) groups is 1. The van der Waals surface area contributed by atoms with Crippen LogP contribution in [0, 0.1) is 11.6 Å². The molecule has 4 rings (SSSR count). The van der Waals surface area contributed by atoms with Gasteiger partial charge < -0.3 is 9.73 Å². The van der Waals surface area contributed by atoms with E-state index in [2.05, 4.69) is 5.32 Å². The van der Waals surface area contributed by atoms with Crippen molar-refractivity contribution in [3.63, 3.8) is 0 Å². The largest absolute Gasteiger partial charge is 0.455 e. The average molecular weight is 398 g/mol. The minimum Gasteiger partial charge on any atom is -0.455 e. The molecule has 0 fully saturated rings. The van der Waals surface area contributed by atoms with E-state index in [9.17, 15) is 13.6 Å². The molecule has 0 radical (unpaired) electrons. The Hall–Kier alpha value is -3.18. The molecular weight excluding hydrogens is 384 g/mol. The first-order valence-corrected chi connectivity index (χ1v) is 8.85. The molecule has 6 heteroatoms. The van der Waals surface area contributed by atoms with E-state index in [0.29, 0.717) is 39.0 Å². The van der Waals surface area contributed by atoms with Gasteiger partial charge in [0.25, 0.3) is 5.91 Å². The Labute approximate surface area is 164 Å². The lowest BCUT2D eigenvalue weighted by atomic mass is 10.00. The molecular formula is C22H14ClF2NO2. The van der Waals surface area contributed by atoms with Gasteiger partial charge in [0.15, 0.2) is 0 Å². The highest BCUT2D eigenvalue weighted by molar-refractivity contribution is 6.33. The molecule has 0 saturated heterocycles. The molecule has 0 bridgehead atoms. The van der Waals surface area contributed by atoms with Gasteiger partial charge in [0.1, 0.15) is 23.0 Å². The van der Waals surface area contributed by atoms with Crippen LogP contribution in [0.15, 0.2) is 65.1 Å². The van der Waals surface area contributed by atoms with E-state index in [1.54, 1.807) is 36.4 Å². The topological polar surface area (TPSA) is 42.2 Å². The van der Waals surface area contributed by atoms with Crippen molar-refractivity contribution in [1.82, 2.24) is 5.32 Å². The number of benzene rings is 3. The van der Waals surface area contributed by atoms with Crippen LogP contribution in [0.2, 0.25) is 5.02 Å². The lowest BCUT2D eigenvalue weighted by Crippen LogP contribution is -2.18. The molecule has 0 saturated carbocycles. The van der Waals surface area contributed by atoms with Crippen molar-refractivity contribution in [3.05, 3.63) is 82.9 Å². The summed E-state index contributed by atoms with van der Waals surface area (Å²) in [5.74, 6) is -0.797. The van der Waals surface area contributed by atoms with Crippen LogP contribution in [0.4, 0.5) is 8.78 Å². The van der Waals surface area contributed by atoms with Gasteiger partial charge in [-0.05, 0) is 60.2 Å². The van der Waals surface area contributed by atoms with E-state index >= 15 is 0 Å². The van der Waals surface area contributed by atoms with Crippen LogP contribution in [0.1, 0.15) is 10.4 Å². The molecule has 0 spiro atoms. The summed E-state index contributed by atoms with van der Waals surface area (Å²) in [6.07, 6.45) is 0. The molecule has 0 unspecified atom stereocenters. The smallest absolute Gasteiger partial charge is 0.255 e. The van der Waals surface area contributed by atoms with Gasteiger partial charge in [-0.25, -0.2) is 8.78 Å². The van der Waals surface area contributed by atoms with Crippen molar-refractivity contribution in [1.29, 1.82) is 0 Å². The van der Waals surface area contributed by atoms with Gasteiger partial charge in [-0.15, -0.1) is 0 Å². The van der Waals surface area contributed by atoms with Crippen LogP contribution < -0.4 is 5.32 Å². The summed E-state index contributed by atoms with van der Waals surface area (Å²) in [5, 5.41) is 3.46. The fourth-order valence-corrected chi connectivity index (χ4v) is 3.42. The number of carbonyl (C=O) groups excluding carboxylic acids is 1. The normalized spacial score (nSPS) is 11.0. The predicted octanol–water partition coefficient (Wildman–Crippen LogP) is 6.06. The van der Waals surface area contributed by atoms with Crippen LogP contribution >= 0.6 is 11.6 Å². The first-order valence-electron chi connectivity index (χ1n) is 8.48. The van der Waals surface area contributed by atoms with Crippen LogP contribution in [-0.4, -0.2) is 13.0 Å². The van der Waals surface area contributed by atoms with Crippen molar-refractivity contribution in [2.45, 2.75) is 0 Å². The van der Waals surface area contributed by atoms with Gasteiger partial charge in [-0.1, -0.05) is 17.7 Å². The predicted molar refractivity (Wildman–Crippen MR) is 105 cm³/mol. The minimum absolute atomic E-state index is 0.267. The summed E-state index contributed by atoms with van der Waals surface area (Å²) in [5.41, 5.74) is 2.77. The molecule has 1 aromatic heterocycles. The number of furan rings is 1. The molecule has 1 N–H and O–H groups in total. The van der Waals surface area contributed by atoms with Crippen molar-refractivity contribution >= 4 is 28.5 Å². The van der Waals surface area contributed by atoms with E-state index in [4.69, 9.17) is 16.0 Å². The standard InChI is InChI=1S/C22H14ClF2NO2/c1-26-22(27)20-17-10-13(16-8-7-15(25)11-18(16)23)4-9-19(17)28-21(20)12-2-5-14(24)6-3-12/h2-11H,1H3,(H,26,27). The number of halogens is 3. The van der Waals surface area contributed by atoms with E-state index in [0.717, 1.165) is 0 Å². The third-order valence-electron chi connectivity index (χ3n) is 4.49. The molecule has 28 heavy (non-hydrogen) atoms. The summed E-state index contributed by atoms with van der Waals surface area (Å²) < 4.78 is 32.6. The maximum atomic E-state index is 13.4. The molecule has 140 valence electrons. The zero-order chi connectivity index (χ0) is 19.8. The number of amides is 1. The van der Waals surface area contributed by atoms with Crippen LogP contribution in [0.5, 0.6) is 0 Å². The Kier molecular flexibility index (Phi) is 4.61. The Morgan fingerprint density at radius 3 is 2.29 bits per heavy atom. The second kappa shape index (κ2) is 7.09. The molecule has 0 atom stereocenters. The Bertz CT molecular complexity index is 1200. The maximum absolute atomic E-state index is 13.4. The zero-order valence-corrected chi connectivity index (χ0v) is 15.5. The zero-order valence-electron chi connectivity index (χ0n) is 14.7. The molecule has 1 amide bonds. The van der Waals surface area contributed by atoms with E-state index < -0.39 is 5.82 Å². The van der Waals surface area contributed by atoms with Crippen LogP contribution in [0.25, 0.3) is 33.4 Å². The first-order chi connectivity index (χ1) is 13.5. The molecule has 0 aliphatic carbocycles. The monoisotopic (exact) mass is 397 g/mol. The van der Waals surface area contributed by atoms with E-state index in [-0.39, 0.29) is 16.7 Å². The first kappa shape index (κ1) is 18.2. The molecule has 1 heterocycles. The van der Waals surface area contributed by atoms with Gasteiger partial charge in [-0.2, -0.15) is 0 Å². The van der Waals surface area contributed by atoms with Gasteiger partial charge >= 0.3 is 0 Å². The molecule has 3 aromatic carbocycles. The highest BCUT2D eigenvalue weighted by atomic mass is 35.5. The number of rotatable bonds is 3. The second-order valence-electron chi connectivity index (χ2n) is 6.23. The Morgan fingerprint density at radius 2 is 1.61 bits per heavy atom. The number of nitrogens with one attached hydrogen (secondary N) is 1. The SMILES string of the molecule is CNC(=O)c1c(-c2ccc(F)cc2)oc2ccc(-c3ccc(F)cc3Cl)cc12. The maximum Gasteiger partial charge on any atom is 0.255 e. The van der Waals surface area contributed by atoms with E-state index in [1.807, 2.05) is 0 Å². The van der Waals surface area contributed by atoms with E-state index in [1.165, 1.54) is 31.3 Å². The fraction of sp³-hybridized carbons (Fsp3) is 0.0455. The van der Waals surface area contributed by atoms with Gasteiger partial charge in [0.05, 0.1) is 10.6 Å². The molecule has 0 aliphatic heterocycles.